The van der Waals surface area contributed by atoms with Gasteiger partial charge in [0.05, 0.1) is 22.1 Å². The second-order valence-electron chi connectivity index (χ2n) is 8.89. The van der Waals surface area contributed by atoms with E-state index < -0.39 is 17.7 Å². The minimum Gasteiger partial charge on any atom is -0.490 e. The Morgan fingerprint density at radius 1 is 0.968 bits per heavy atom. The van der Waals surface area contributed by atoms with Gasteiger partial charge < -0.3 is 9.84 Å². The third kappa shape index (κ3) is 4.45. The number of unbranched alkanes of at least 4 members (excludes halogenated alkanes) is 2. The van der Waals surface area contributed by atoms with E-state index in [0.29, 0.717) is 32.3 Å². The Hall–Kier alpha value is -1.72. The molecule has 1 saturated carbocycles. The number of fused-ring (bicyclic) bond motifs is 3. The highest BCUT2D eigenvalue weighted by Gasteiger charge is 2.29. The molecule has 1 heterocycles. The van der Waals surface area contributed by atoms with E-state index in [1.165, 1.54) is 6.42 Å². The Kier molecular flexibility index (Phi) is 7.12. The third-order valence-electron chi connectivity index (χ3n) is 6.92. The van der Waals surface area contributed by atoms with E-state index in [2.05, 4.69) is 13.8 Å². The number of halogens is 2. The van der Waals surface area contributed by atoms with Crippen molar-refractivity contribution in [1.29, 1.82) is 0 Å². The fourth-order valence-electron chi connectivity index (χ4n) is 4.88. The number of aliphatic hydroxyl groups excluding tert-OH is 1. The molecule has 168 valence electrons. The van der Waals surface area contributed by atoms with E-state index in [9.17, 15) is 5.11 Å². The van der Waals surface area contributed by atoms with Crippen molar-refractivity contribution in [1.82, 2.24) is 0 Å². The molecule has 3 aromatic rings. The molecule has 1 atom stereocenters. The third-order valence-corrected chi connectivity index (χ3v) is 8.13. The Balaban J connectivity index is 1.62. The average Bonchev–Trinajstić information content (AvgIpc) is 3.18. The van der Waals surface area contributed by atoms with Crippen molar-refractivity contribution in [2.45, 2.75) is 71.3 Å². The number of thiophene rings is 1. The lowest BCUT2D eigenvalue weighted by Gasteiger charge is -2.31. The van der Waals surface area contributed by atoms with E-state index in [0.717, 1.165) is 62.2 Å². The van der Waals surface area contributed by atoms with Crippen molar-refractivity contribution in [2.24, 2.45) is 11.8 Å². The van der Waals surface area contributed by atoms with Gasteiger partial charge in [-0.3, -0.25) is 0 Å². The summed E-state index contributed by atoms with van der Waals surface area (Å²) in [6.07, 6.45) is 7.41. The predicted octanol–water partition coefficient (Wildman–Crippen LogP) is 8.15. The second-order valence-corrected chi connectivity index (χ2v) is 9.91. The summed E-state index contributed by atoms with van der Waals surface area (Å²) in [6.45, 7) is 4.79. The summed E-state index contributed by atoms with van der Waals surface area (Å²) in [7, 11) is 0. The van der Waals surface area contributed by atoms with Crippen molar-refractivity contribution in [3.8, 4) is 5.75 Å². The lowest BCUT2D eigenvalue weighted by molar-refractivity contribution is 0.0703. The zero-order chi connectivity index (χ0) is 22.0. The van der Waals surface area contributed by atoms with Crippen LogP contribution >= 0.6 is 11.3 Å². The molecule has 5 heteroatoms. The van der Waals surface area contributed by atoms with Crippen molar-refractivity contribution in [3.63, 3.8) is 0 Å². The number of benzene rings is 2. The summed E-state index contributed by atoms with van der Waals surface area (Å²) < 4.78 is 37.0. The topological polar surface area (TPSA) is 29.5 Å². The Morgan fingerprint density at radius 3 is 2.32 bits per heavy atom. The zero-order valence-corrected chi connectivity index (χ0v) is 19.2. The van der Waals surface area contributed by atoms with Gasteiger partial charge in [-0.25, -0.2) is 8.78 Å². The number of hydrogen-bond acceptors (Lipinski definition) is 3. The maximum Gasteiger partial charge on any atom is 0.182 e. The molecule has 31 heavy (non-hydrogen) atoms. The van der Waals surface area contributed by atoms with Gasteiger partial charge in [-0.2, -0.15) is 0 Å². The van der Waals surface area contributed by atoms with Gasteiger partial charge in [0.25, 0.3) is 0 Å². The first kappa shape index (κ1) is 22.5. The first-order valence-electron chi connectivity index (χ1n) is 11.7. The Bertz CT molecular complexity index is 1040. The summed E-state index contributed by atoms with van der Waals surface area (Å²) in [5.74, 6) is 0.204. The summed E-state index contributed by atoms with van der Waals surface area (Å²) in [5.41, 5.74) is 0.343. The minimum absolute atomic E-state index is 0.0870. The molecule has 0 bridgehead atoms. The molecule has 0 amide bonds. The number of rotatable bonds is 8. The molecule has 4 rings (SSSR count). The molecule has 2 aromatic carbocycles. The molecule has 2 nitrogen and oxygen atoms in total. The number of ether oxygens (including phenoxy) is 1. The summed E-state index contributed by atoms with van der Waals surface area (Å²) in [6, 6.07) is 6.97. The standard InChI is InChI=1S/C26H32F2O2S/c1-3-5-6-15-30-21-14-13-19-18-11-12-20(22(27)25(18)31-26(19)23(21)28)24(29)17-9-7-16(4-2)8-10-17/h11-14,16-17,24,29H,3-10,15H2,1-2H3. The van der Waals surface area contributed by atoms with Crippen molar-refractivity contribution in [2.75, 3.05) is 6.61 Å². The number of aliphatic hydroxyl groups is 1. The predicted molar refractivity (Wildman–Crippen MR) is 125 cm³/mol. The van der Waals surface area contributed by atoms with Gasteiger partial charge >= 0.3 is 0 Å². The second kappa shape index (κ2) is 9.83. The molecule has 1 aliphatic rings. The van der Waals surface area contributed by atoms with E-state index in [1.54, 1.807) is 12.1 Å². The lowest BCUT2D eigenvalue weighted by atomic mass is 9.77. The fraction of sp³-hybridized carbons (Fsp3) is 0.538. The van der Waals surface area contributed by atoms with Gasteiger partial charge in [0.1, 0.15) is 5.82 Å². The van der Waals surface area contributed by atoms with Crippen LogP contribution in [0.5, 0.6) is 5.75 Å². The normalized spacial score (nSPS) is 20.4. The van der Waals surface area contributed by atoms with Gasteiger partial charge in [-0.05, 0) is 43.2 Å². The molecule has 0 radical (unpaired) electrons. The van der Waals surface area contributed by atoms with Gasteiger partial charge in [-0.15, -0.1) is 11.3 Å². The zero-order valence-electron chi connectivity index (χ0n) is 18.4. The van der Waals surface area contributed by atoms with Crippen LogP contribution in [0, 0.1) is 23.5 Å². The minimum atomic E-state index is -0.810. The summed E-state index contributed by atoms with van der Waals surface area (Å²) in [4.78, 5) is 0. The number of hydrogen-bond donors (Lipinski definition) is 1. The van der Waals surface area contributed by atoms with Gasteiger partial charge in [0, 0.05) is 16.3 Å². The van der Waals surface area contributed by atoms with Crippen LogP contribution in [-0.4, -0.2) is 11.7 Å². The van der Waals surface area contributed by atoms with Crippen molar-refractivity contribution < 1.29 is 18.6 Å². The monoisotopic (exact) mass is 446 g/mol. The van der Waals surface area contributed by atoms with Crippen LogP contribution in [0.1, 0.15) is 76.9 Å². The first-order chi connectivity index (χ1) is 15.0. The van der Waals surface area contributed by atoms with Crippen LogP contribution in [-0.2, 0) is 0 Å². The van der Waals surface area contributed by atoms with Crippen LogP contribution < -0.4 is 4.74 Å². The van der Waals surface area contributed by atoms with Gasteiger partial charge in [-0.1, -0.05) is 58.1 Å². The average molecular weight is 447 g/mol. The molecule has 1 N–H and O–H groups in total. The maximum absolute atomic E-state index is 15.5. The SMILES string of the molecule is CCCCCOc1ccc2c(sc3c(F)c(C(O)C4CCC(CC)CC4)ccc32)c1F. The highest BCUT2D eigenvalue weighted by atomic mass is 32.1. The fourth-order valence-corrected chi connectivity index (χ4v) is 6.05. The van der Waals surface area contributed by atoms with Crippen molar-refractivity contribution in [3.05, 3.63) is 41.5 Å². The summed E-state index contributed by atoms with van der Waals surface area (Å²) in [5, 5.41) is 12.3. The highest BCUT2D eigenvalue weighted by molar-refractivity contribution is 7.25. The molecule has 1 unspecified atom stereocenters. The maximum atomic E-state index is 15.5. The van der Waals surface area contributed by atoms with Crippen LogP contribution in [0.25, 0.3) is 20.2 Å². The lowest BCUT2D eigenvalue weighted by Crippen LogP contribution is -2.21. The Labute approximate surface area is 187 Å². The molecular formula is C26H32F2O2S. The molecule has 1 aromatic heterocycles. The molecule has 1 fully saturated rings. The van der Waals surface area contributed by atoms with E-state index >= 15 is 8.78 Å². The van der Waals surface area contributed by atoms with Gasteiger partial charge in [0.15, 0.2) is 11.6 Å². The molecular weight excluding hydrogens is 414 g/mol. The molecule has 1 aliphatic carbocycles. The molecule has 0 aliphatic heterocycles. The summed E-state index contributed by atoms with van der Waals surface area (Å²) >= 11 is 1.11. The smallest absolute Gasteiger partial charge is 0.182 e. The highest BCUT2D eigenvalue weighted by Crippen LogP contribution is 2.44. The quantitative estimate of drug-likeness (QED) is 0.354. The van der Waals surface area contributed by atoms with Crippen molar-refractivity contribution >= 4 is 31.5 Å². The van der Waals surface area contributed by atoms with Crippen LogP contribution in [0.15, 0.2) is 24.3 Å². The van der Waals surface area contributed by atoms with E-state index in [-0.39, 0.29) is 11.7 Å². The first-order valence-corrected chi connectivity index (χ1v) is 12.5. The molecule has 0 spiro atoms. The molecule has 0 saturated heterocycles. The van der Waals surface area contributed by atoms with E-state index in [4.69, 9.17) is 4.74 Å². The van der Waals surface area contributed by atoms with E-state index in [1.807, 2.05) is 12.1 Å². The largest absolute Gasteiger partial charge is 0.490 e. The Morgan fingerprint density at radius 2 is 1.65 bits per heavy atom. The van der Waals surface area contributed by atoms with Gasteiger partial charge in [0.2, 0.25) is 0 Å². The van der Waals surface area contributed by atoms with Crippen LogP contribution in [0.3, 0.4) is 0 Å². The van der Waals surface area contributed by atoms with Crippen LogP contribution in [0.2, 0.25) is 0 Å². The van der Waals surface area contributed by atoms with Crippen LogP contribution in [0.4, 0.5) is 8.78 Å².